The Kier molecular flexibility index (Phi) is 5.40. The zero-order chi connectivity index (χ0) is 17.9. The number of rotatable bonds is 5. The van der Waals surface area contributed by atoms with Crippen LogP contribution in [0.25, 0.3) is 0 Å². The van der Waals surface area contributed by atoms with Crippen molar-refractivity contribution in [3.63, 3.8) is 0 Å². The molecule has 0 aromatic heterocycles. The predicted molar refractivity (Wildman–Crippen MR) is 92.7 cm³/mol. The predicted octanol–water partition coefficient (Wildman–Crippen LogP) is 3.24. The molecule has 0 heterocycles. The monoisotopic (exact) mass is 411 g/mol. The van der Waals surface area contributed by atoms with Crippen molar-refractivity contribution in [2.75, 3.05) is 11.8 Å². The Morgan fingerprint density at radius 3 is 2.46 bits per heavy atom. The molecule has 0 spiro atoms. The molecule has 8 heteroatoms. The third-order valence-electron chi connectivity index (χ3n) is 3.18. The van der Waals surface area contributed by atoms with Crippen LogP contribution in [-0.4, -0.2) is 27.3 Å². The maximum Gasteiger partial charge on any atom is 0.340 e. The summed E-state index contributed by atoms with van der Waals surface area (Å²) in [6, 6.07) is 10.1. The summed E-state index contributed by atoms with van der Waals surface area (Å²) in [6.07, 6.45) is 0. The van der Waals surface area contributed by atoms with E-state index in [2.05, 4.69) is 25.4 Å². The van der Waals surface area contributed by atoms with Gasteiger partial charge in [0.15, 0.2) is 5.78 Å². The molecule has 6 nitrogen and oxygen atoms in total. The number of carbonyl (C=O) groups excluding carboxylic acids is 2. The summed E-state index contributed by atoms with van der Waals surface area (Å²) < 4.78 is 32.7. The van der Waals surface area contributed by atoms with Crippen LogP contribution in [0, 0.1) is 0 Å². The van der Waals surface area contributed by atoms with Crippen molar-refractivity contribution in [3.8, 4) is 0 Å². The molecule has 24 heavy (non-hydrogen) atoms. The van der Waals surface area contributed by atoms with Gasteiger partial charge in [0.2, 0.25) is 0 Å². The van der Waals surface area contributed by atoms with E-state index < -0.39 is 16.0 Å². The Labute approximate surface area is 148 Å². The summed E-state index contributed by atoms with van der Waals surface area (Å²) in [5, 5.41) is 0. The van der Waals surface area contributed by atoms with E-state index in [4.69, 9.17) is 0 Å². The van der Waals surface area contributed by atoms with Gasteiger partial charge in [0.1, 0.15) is 0 Å². The average molecular weight is 412 g/mol. The number of anilines is 1. The number of methoxy groups -OCH3 is 1. The standard InChI is InChI=1S/C16H14BrNO5S/c1-10(19)11-4-3-5-13(8-11)24(21,22)18-15-7-6-12(17)9-14(15)16(20)23-2/h3-9,18H,1-2H3. The highest BCUT2D eigenvalue weighted by Gasteiger charge is 2.20. The number of ketones is 1. The van der Waals surface area contributed by atoms with E-state index >= 15 is 0 Å². The lowest BCUT2D eigenvalue weighted by atomic mass is 10.2. The molecule has 0 bridgehead atoms. The third-order valence-corrected chi connectivity index (χ3v) is 5.04. The second-order valence-electron chi connectivity index (χ2n) is 4.87. The fraction of sp³-hybridized carbons (Fsp3) is 0.125. The van der Waals surface area contributed by atoms with Crippen molar-refractivity contribution >= 4 is 43.4 Å². The minimum atomic E-state index is -3.97. The van der Waals surface area contributed by atoms with E-state index in [9.17, 15) is 18.0 Å². The van der Waals surface area contributed by atoms with Gasteiger partial charge in [-0.05, 0) is 37.3 Å². The molecular formula is C16H14BrNO5S. The van der Waals surface area contributed by atoms with E-state index in [1.165, 1.54) is 50.4 Å². The average Bonchev–Trinajstić information content (AvgIpc) is 2.55. The van der Waals surface area contributed by atoms with Gasteiger partial charge in [-0.25, -0.2) is 13.2 Å². The molecule has 0 saturated carbocycles. The fourth-order valence-electron chi connectivity index (χ4n) is 1.97. The summed E-state index contributed by atoms with van der Waals surface area (Å²) in [4.78, 5) is 23.2. The number of esters is 1. The highest BCUT2D eigenvalue weighted by atomic mass is 79.9. The van der Waals surface area contributed by atoms with E-state index in [0.29, 0.717) is 4.47 Å². The lowest BCUT2D eigenvalue weighted by Gasteiger charge is -2.12. The van der Waals surface area contributed by atoms with Gasteiger partial charge in [-0.15, -0.1) is 0 Å². The van der Waals surface area contributed by atoms with Gasteiger partial charge >= 0.3 is 5.97 Å². The van der Waals surface area contributed by atoms with Crippen LogP contribution >= 0.6 is 15.9 Å². The topological polar surface area (TPSA) is 89.5 Å². The van der Waals surface area contributed by atoms with Crippen molar-refractivity contribution in [3.05, 3.63) is 58.1 Å². The number of hydrogen-bond donors (Lipinski definition) is 1. The second kappa shape index (κ2) is 7.14. The van der Waals surface area contributed by atoms with Crippen LogP contribution in [0.4, 0.5) is 5.69 Å². The molecule has 0 fully saturated rings. The minimum Gasteiger partial charge on any atom is -0.465 e. The van der Waals surface area contributed by atoms with Crippen molar-refractivity contribution in [2.24, 2.45) is 0 Å². The van der Waals surface area contributed by atoms with Crippen LogP contribution in [0.3, 0.4) is 0 Å². The van der Waals surface area contributed by atoms with Crippen LogP contribution < -0.4 is 4.72 Å². The molecule has 0 unspecified atom stereocenters. The molecule has 0 amide bonds. The van der Waals surface area contributed by atoms with Crippen molar-refractivity contribution < 1.29 is 22.7 Å². The Hall–Kier alpha value is -2.19. The SMILES string of the molecule is COC(=O)c1cc(Br)ccc1NS(=O)(=O)c1cccc(C(C)=O)c1. The minimum absolute atomic E-state index is 0.0678. The first-order valence-corrected chi connectivity index (χ1v) is 9.04. The number of sulfonamides is 1. The molecule has 0 aliphatic carbocycles. The van der Waals surface area contributed by atoms with E-state index in [0.717, 1.165) is 0 Å². The van der Waals surface area contributed by atoms with Gasteiger partial charge in [0.25, 0.3) is 10.0 Å². The number of Topliss-reactive ketones (excluding diaryl/α,β-unsaturated/α-hetero) is 1. The summed E-state index contributed by atoms with van der Waals surface area (Å²) in [6.45, 7) is 1.35. The zero-order valence-electron chi connectivity index (χ0n) is 12.9. The molecule has 0 atom stereocenters. The summed E-state index contributed by atoms with van der Waals surface area (Å²) >= 11 is 3.22. The van der Waals surface area contributed by atoms with Crippen LogP contribution in [0.5, 0.6) is 0 Å². The molecule has 1 N–H and O–H groups in total. The lowest BCUT2D eigenvalue weighted by molar-refractivity contribution is 0.0601. The van der Waals surface area contributed by atoms with Gasteiger partial charge in [-0.3, -0.25) is 9.52 Å². The number of nitrogens with one attached hydrogen (secondary N) is 1. The Morgan fingerprint density at radius 2 is 1.83 bits per heavy atom. The van der Waals surface area contributed by atoms with Gasteiger partial charge in [0.05, 0.1) is 23.3 Å². The number of ether oxygens (including phenoxy) is 1. The van der Waals surface area contributed by atoms with Gasteiger partial charge in [-0.1, -0.05) is 28.1 Å². The van der Waals surface area contributed by atoms with Gasteiger partial charge in [-0.2, -0.15) is 0 Å². The Morgan fingerprint density at radius 1 is 1.12 bits per heavy atom. The zero-order valence-corrected chi connectivity index (χ0v) is 15.3. The number of hydrogen-bond acceptors (Lipinski definition) is 5. The maximum absolute atomic E-state index is 12.5. The first kappa shape index (κ1) is 18.2. The van der Waals surface area contributed by atoms with Crippen LogP contribution in [0.1, 0.15) is 27.6 Å². The first-order chi connectivity index (χ1) is 11.2. The third kappa shape index (κ3) is 4.01. The molecule has 0 aliphatic rings. The summed E-state index contributed by atoms with van der Waals surface area (Å²) in [7, 11) is -2.77. The number of carbonyl (C=O) groups is 2. The van der Waals surface area contributed by atoms with Crippen LogP contribution in [0.2, 0.25) is 0 Å². The second-order valence-corrected chi connectivity index (χ2v) is 7.47. The van der Waals surface area contributed by atoms with Gasteiger partial charge in [0, 0.05) is 10.0 Å². The maximum atomic E-state index is 12.5. The molecular weight excluding hydrogens is 398 g/mol. The van der Waals surface area contributed by atoms with E-state index in [1.807, 2.05) is 0 Å². The largest absolute Gasteiger partial charge is 0.465 e. The first-order valence-electron chi connectivity index (χ1n) is 6.76. The van der Waals surface area contributed by atoms with E-state index in [1.54, 1.807) is 6.07 Å². The fourth-order valence-corrected chi connectivity index (χ4v) is 3.46. The van der Waals surface area contributed by atoms with Crippen molar-refractivity contribution in [1.82, 2.24) is 0 Å². The van der Waals surface area contributed by atoms with Crippen molar-refractivity contribution in [2.45, 2.75) is 11.8 Å². The summed E-state index contributed by atoms with van der Waals surface area (Å²) in [5.74, 6) is -0.919. The Balaban J connectivity index is 2.45. The van der Waals surface area contributed by atoms with E-state index in [-0.39, 0.29) is 27.5 Å². The van der Waals surface area contributed by atoms with Crippen molar-refractivity contribution in [1.29, 1.82) is 0 Å². The molecule has 126 valence electrons. The molecule has 0 radical (unpaired) electrons. The Bertz CT molecular complexity index is 908. The highest BCUT2D eigenvalue weighted by Crippen LogP contribution is 2.25. The van der Waals surface area contributed by atoms with Crippen LogP contribution in [0.15, 0.2) is 51.8 Å². The van der Waals surface area contributed by atoms with Gasteiger partial charge < -0.3 is 4.74 Å². The number of benzene rings is 2. The van der Waals surface area contributed by atoms with Crippen LogP contribution in [-0.2, 0) is 14.8 Å². The molecule has 2 aromatic carbocycles. The quantitative estimate of drug-likeness (QED) is 0.602. The number of halogens is 1. The normalized spacial score (nSPS) is 11.0. The lowest BCUT2D eigenvalue weighted by Crippen LogP contribution is -2.16. The molecule has 2 rings (SSSR count). The summed E-state index contributed by atoms with van der Waals surface area (Å²) in [5.41, 5.74) is 0.429. The molecule has 0 aliphatic heterocycles. The molecule has 2 aromatic rings. The highest BCUT2D eigenvalue weighted by molar-refractivity contribution is 9.10. The smallest absolute Gasteiger partial charge is 0.340 e. The molecule has 0 saturated heterocycles.